The number of hydrogen-bond acceptors (Lipinski definition) is 4. The summed E-state index contributed by atoms with van der Waals surface area (Å²) >= 11 is 0. The number of aromatic amines is 1. The van der Waals surface area contributed by atoms with E-state index < -0.39 is 21.5 Å². The van der Waals surface area contributed by atoms with Crippen LogP contribution >= 0.6 is 0 Å². The molecule has 100 valence electrons. The SMILES string of the molecule is O=C(O)CC1(NS(=O)(=O)c2cnc[nH]2)CCCC1. The van der Waals surface area contributed by atoms with Gasteiger partial charge in [0.1, 0.15) is 0 Å². The van der Waals surface area contributed by atoms with E-state index in [9.17, 15) is 13.2 Å². The second-order valence-electron chi connectivity index (χ2n) is 4.58. The minimum absolute atomic E-state index is 0.0424. The van der Waals surface area contributed by atoms with Crippen LogP contribution in [0.5, 0.6) is 0 Å². The molecule has 1 aromatic rings. The second kappa shape index (κ2) is 4.69. The fourth-order valence-electron chi connectivity index (χ4n) is 2.39. The van der Waals surface area contributed by atoms with E-state index in [4.69, 9.17) is 5.11 Å². The molecule has 18 heavy (non-hydrogen) atoms. The minimum Gasteiger partial charge on any atom is -0.481 e. The number of aromatic nitrogens is 2. The molecular formula is C10H15N3O4S. The lowest BCUT2D eigenvalue weighted by atomic mass is 9.95. The quantitative estimate of drug-likeness (QED) is 0.722. The smallest absolute Gasteiger partial charge is 0.305 e. The third-order valence-corrected chi connectivity index (χ3v) is 4.67. The molecule has 1 heterocycles. The lowest BCUT2D eigenvalue weighted by Gasteiger charge is -2.27. The largest absolute Gasteiger partial charge is 0.481 e. The normalized spacial score (nSPS) is 18.9. The van der Waals surface area contributed by atoms with Crippen LogP contribution in [0.25, 0.3) is 0 Å². The summed E-state index contributed by atoms with van der Waals surface area (Å²) in [7, 11) is -3.74. The van der Waals surface area contributed by atoms with E-state index in [0.717, 1.165) is 12.8 Å². The highest BCUT2D eigenvalue weighted by atomic mass is 32.2. The molecular weight excluding hydrogens is 258 g/mol. The number of carboxylic acids is 1. The van der Waals surface area contributed by atoms with Gasteiger partial charge in [0.2, 0.25) is 0 Å². The van der Waals surface area contributed by atoms with E-state index in [1.807, 2.05) is 0 Å². The van der Waals surface area contributed by atoms with Gasteiger partial charge in [0.15, 0.2) is 5.03 Å². The van der Waals surface area contributed by atoms with Crippen molar-refractivity contribution in [2.24, 2.45) is 0 Å². The number of H-pyrrole nitrogens is 1. The Labute approximate surface area is 105 Å². The summed E-state index contributed by atoms with van der Waals surface area (Å²) in [4.78, 5) is 17.0. The first-order chi connectivity index (χ1) is 8.44. The zero-order valence-electron chi connectivity index (χ0n) is 9.72. The Kier molecular flexibility index (Phi) is 3.40. The van der Waals surface area contributed by atoms with Crippen LogP contribution in [-0.4, -0.2) is 35.0 Å². The van der Waals surface area contributed by atoms with Crippen LogP contribution in [0.2, 0.25) is 0 Å². The van der Waals surface area contributed by atoms with Gasteiger partial charge in [-0.2, -0.15) is 0 Å². The van der Waals surface area contributed by atoms with Crippen molar-refractivity contribution in [2.45, 2.75) is 42.7 Å². The number of aliphatic carboxylic acids is 1. The van der Waals surface area contributed by atoms with Gasteiger partial charge >= 0.3 is 5.97 Å². The van der Waals surface area contributed by atoms with E-state index in [2.05, 4.69) is 14.7 Å². The highest BCUT2D eigenvalue weighted by molar-refractivity contribution is 7.89. The molecule has 7 nitrogen and oxygen atoms in total. The Morgan fingerprint density at radius 1 is 1.50 bits per heavy atom. The number of imidazole rings is 1. The van der Waals surface area contributed by atoms with Gasteiger partial charge in [0.05, 0.1) is 18.9 Å². The van der Waals surface area contributed by atoms with E-state index in [1.165, 1.54) is 12.5 Å². The molecule has 1 aliphatic carbocycles. The van der Waals surface area contributed by atoms with Gasteiger partial charge in [-0.1, -0.05) is 12.8 Å². The number of carbonyl (C=O) groups is 1. The summed E-state index contributed by atoms with van der Waals surface area (Å²) < 4.78 is 26.6. The zero-order chi connectivity index (χ0) is 13.2. The molecule has 0 saturated heterocycles. The minimum atomic E-state index is -3.74. The fraction of sp³-hybridized carbons (Fsp3) is 0.600. The average Bonchev–Trinajstić information content (AvgIpc) is 2.86. The molecule has 8 heteroatoms. The van der Waals surface area contributed by atoms with Crippen molar-refractivity contribution in [3.8, 4) is 0 Å². The molecule has 1 aromatic heterocycles. The molecule has 2 rings (SSSR count). The van der Waals surface area contributed by atoms with Crippen molar-refractivity contribution in [1.29, 1.82) is 0 Å². The van der Waals surface area contributed by atoms with Crippen LogP contribution in [0.1, 0.15) is 32.1 Å². The Morgan fingerprint density at radius 3 is 2.67 bits per heavy atom. The molecule has 0 unspecified atom stereocenters. The van der Waals surface area contributed by atoms with E-state index in [-0.39, 0.29) is 11.4 Å². The van der Waals surface area contributed by atoms with Crippen LogP contribution < -0.4 is 4.72 Å². The predicted molar refractivity (Wildman–Crippen MR) is 62.4 cm³/mol. The second-order valence-corrected chi connectivity index (χ2v) is 6.23. The first-order valence-corrected chi connectivity index (χ1v) is 7.16. The molecule has 0 radical (unpaired) electrons. The molecule has 0 amide bonds. The van der Waals surface area contributed by atoms with E-state index >= 15 is 0 Å². The number of nitrogens with one attached hydrogen (secondary N) is 2. The number of nitrogens with zero attached hydrogens (tertiary/aromatic N) is 1. The topological polar surface area (TPSA) is 112 Å². The highest BCUT2D eigenvalue weighted by Crippen LogP contribution is 2.33. The standard InChI is InChI=1S/C10H15N3O4S/c14-9(15)5-10(3-1-2-4-10)13-18(16,17)8-6-11-7-12-8/h6-7,13H,1-5H2,(H,11,12)(H,14,15). The van der Waals surface area contributed by atoms with Crippen molar-refractivity contribution in [3.63, 3.8) is 0 Å². The summed E-state index contributed by atoms with van der Waals surface area (Å²) in [5, 5.41) is 8.87. The Hall–Kier alpha value is -1.41. The van der Waals surface area contributed by atoms with Crippen molar-refractivity contribution < 1.29 is 18.3 Å². The maximum Gasteiger partial charge on any atom is 0.305 e. The van der Waals surface area contributed by atoms with Crippen molar-refractivity contribution in [1.82, 2.24) is 14.7 Å². The molecule has 3 N–H and O–H groups in total. The first kappa shape index (κ1) is 13.0. The monoisotopic (exact) mass is 273 g/mol. The van der Waals surface area contributed by atoms with Gasteiger partial charge in [-0.15, -0.1) is 0 Å². The molecule has 0 spiro atoms. The van der Waals surface area contributed by atoms with Gasteiger partial charge in [0, 0.05) is 5.54 Å². The summed E-state index contributed by atoms with van der Waals surface area (Å²) in [5.41, 5.74) is -0.865. The molecule has 1 saturated carbocycles. The zero-order valence-corrected chi connectivity index (χ0v) is 10.5. The summed E-state index contributed by atoms with van der Waals surface area (Å²) in [6, 6.07) is 0. The summed E-state index contributed by atoms with van der Waals surface area (Å²) in [6.07, 6.45) is 5.04. The van der Waals surface area contributed by atoms with Crippen LogP contribution in [0.3, 0.4) is 0 Å². The Balaban J connectivity index is 2.22. The third-order valence-electron chi connectivity index (χ3n) is 3.16. The number of rotatable bonds is 5. The molecule has 0 atom stereocenters. The van der Waals surface area contributed by atoms with Crippen molar-refractivity contribution in [2.75, 3.05) is 0 Å². The van der Waals surface area contributed by atoms with E-state index in [1.54, 1.807) is 0 Å². The van der Waals surface area contributed by atoms with Crippen molar-refractivity contribution >= 4 is 16.0 Å². The van der Waals surface area contributed by atoms with Gasteiger partial charge < -0.3 is 10.1 Å². The summed E-state index contributed by atoms with van der Waals surface area (Å²) in [6.45, 7) is 0. The Bertz CT molecular complexity index is 517. The Morgan fingerprint density at radius 2 is 2.17 bits per heavy atom. The van der Waals surface area contributed by atoms with E-state index in [0.29, 0.717) is 12.8 Å². The maximum atomic E-state index is 12.1. The maximum absolute atomic E-state index is 12.1. The van der Waals surface area contributed by atoms with Crippen molar-refractivity contribution in [3.05, 3.63) is 12.5 Å². The first-order valence-electron chi connectivity index (χ1n) is 5.68. The highest BCUT2D eigenvalue weighted by Gasteiger charge is 2.40. The van der Waals surface area contributed by atoms with Gasteiger partial charge in [-0.3, -0.25) is 4.79 Å². The lowest BCUT2D eigenvalue weighted by Crippen LogP contribution is -2.47. The molecule has 1 aliphatic rings. The third kappa shape index (κ3) is 2.70. The number of hydrogen-bond donors (Lipinski definition) is 3. The molecule has 0 aromatic carbocycles. The van der Waals surface area contributed by atoms with Gasteiger partial charge in [-0.25, -0.2) is 18.1 Å². The van der Waals surface area contributed by atoms with Gasteiger partial charge in [-0.05, 0) is 12.8 Å². The van der Waals surface area contributed by atoms with Crippen LogP contribution in [-0.2, 0) is 14.8 Å². The predicted octanol–water partition coefficient (Wildman–Crippen LogP) is 0.475. The van der Waals surface area contributed by atoms with Crippen LogP contribution in [0, 0.1) is 0 Å². The average molecular weight is 273 g/mol. The number of sulfonamides is 1. The summed E-state index contributed by atoms with van der Waals surface area (Å²) in [5.74, 6) is -0.996. The van der Waals surface area contributed by atoms with Crippen LogP contribution in [0.15, 0.2) is 17.6 Å². The fourth-order valence-corrected chi connectivity index (χ4v) is 3.75. The molecule has 0 bridgehead atoms. The number of carboxylic acid groups (broad SMARTS) is 1. The lowest BCUT2D eigenvalue weighted by molar-refractivity contribution is -0.138. The molecule has 1 fully saturated rings. The van der Waals surface area contributed by atoms with Crippen LogP contribution in [0.4, 0.5) is 0 Å². The van der Waals surface area contributed by atoms with Gasteiger partial charge in [0.25, 0.3) is 10.0 Å². The molecule has 0 aliphatic heterocycles.